The number of amides is 2. The zero-order valence-corrected chi connectivity index (χ0v) is 26.4. The number of likely N-dealkylation sites (N-methyl/N-ethyl adjacent to an activating group) is 1. The molecule has 0 aliphatic carbocycles. The summed E-state index contributed by atoms with van der Waals surface area (Å²) < 4.78 is 29.8. The van der Waals surface area contributed by atoms with Crippen LogP contribution >= 0.6 is 27.5 Å². The Balaban J connectivity index is 1.77. The summed E-state index contributed by atoms with van der Waals surface area (Å²) in [5, 5.41) is 3.21. The lowest BCUT2D eigenvalue weighted by Crippen LogP contribution is -2.53. The van der Waals surface area contributed by atoms with Crippen molar-refractivity contribution in [2.45, 2.75) is 30.8 Å². The molecule has 0 bridgehead atoms. The number of anilines is 1. The highest BCUT2D eigenvalue weighted by atomic mass is 79.9. The summed E-state index contributed by atoms with van der Waals surface area (Å²) in [5.74, 6) is -0.897. The van der Waals surface area contributed by atoms with Gasteiger partial charge in [0.2, 0.25) is 11.8 Å². The molecule has 0 aliphatic heterocycles. The van der Waals surface area contributed by atoms with E-state index in [1.807, 2.05) is 37.3 Å². The van der Waals surface area contributed by atoms with Gasteiger partial charge < -0.3 is 10.2 Å². The number of halogens is 2. The molecule has 2 amide bonds. The summed E-state index contributed by atoms with van der Waals surface area (Å²) in [5.41, 5.74) is 2.82. The Morgan fingerprint density at radius 1 is 0.857 bits per heavy atom. The summed E-state index contributed by atoms with van der Waals surface area (Å²) in [6, 6.07) is 28.6. The first-order chi connectivity index (χ1) is 20.1. The van der Waals surface area contributed by atoms with Crippen LogP contribution in [0.1, 0.15) is 16.7 Å². The fraction of sp³-hybridized carbons (Fsp3) is 0.188. The lowest BCUT2D eigenvalue weighted by Gasteiger charge is -2.33. The van der Waals surface area contributed by atoms with Crippen molar-refractivity contribution in [3.8, 4) is 0 Å². The van der Waals surface area contributed by atoms with Crippen LogP contribution in [0.15, 0.2) is 112 Å². The van der Waals surface area contributed by atoms with E-state index >= 15 is 0 Å². The predicted octanol–water partition coefficient (Wildman–Crippen LogP) is 5.99. The van der Waals surface area contributed by atoms with Crippen molar-refractivity contribution in [1.29, 1.82) is 0 Å². The topological polar surface area (TPSA) is 86.8 Å². The standard InChI is InChI=1S/C32H31BrClN3O4S/c1-23-8-18-29(19-9-23)42(40,41)37(28-16-12-26(33)13-17-28)22-31(38)36(21-25-10-14-27(34)15-11-25)30(32(39)35-2)20-24-6-4-3-5-7-24/h3-19,30H,20-22H2,1-2H3,(H,35,39)/t30-/m0/s1. The van der Waals surface area contributed by atoms with E-state index in [1.54, 1.807) is 60.7 Å². The molecule has 0 spiro atoms. The third kappa shape index (κ3) is 7.79. The first-order valence-corrected chi connectivity index (χ1v) is 15.8. The summed E-state index contributed by atoms with van der Waals surface area (Å²) in [4.78, 5) is 29.0. The lowest BCUT2D eigenvalue weighted by atomic mass is 10.0. The van der Waals surface area contributed by atoms with E-state index in [4.69, 9.17) is 11.6 Å². The molecule has 218 valence electrons. The molecule has 4 rings (SSSR count). The van der Waals surface area contributed by atoms with Crippen molar-refractivity contribution in [3.05, 3.63) is 129 Å². The number of sulfonamides is 1. The van der Waals surface area contributed by atoms with Gasteiger partial charge >= 0.3 is 0 Å². The molecular weight excluding hydrogens is 638 g/mol. The first kappa shape index (κ1) is 31.3. The Morgan fingerprint density at radius 3 is 2.07 bits per heavy atom. The van der Waals surface area contributed by atoms with Crippen LogP contribution in [0.5, 0.6) is 0 Å². The number of nitrogens with one attached hydrogen (secondary N) is 1. The molecule has 4 aromatic rings. The fourth-order valence-electron chi connectivity index (χ4n) is 4.48. The molecule has 0 unspecified atom stereocenters. The molecule has 4 aromatic carbocycles. The van der Waals surface area contributed by atoms with E-state index in [1.165, 1.54) is 24.1 Å². The number of carbonyl (C=O) groups is 2. The van der Waals surface area contributed by atoms with Crippen LogP contribution in [0.2, 0.25) is 5.02 Å². The van der Waals surface area contributed by atoms with Crippen LogP contribution < -0.4 is 9.62 Å². The number of hydrogen-bond donors (Lipinski definition) is 1. The van der Waals surface area contributed by atoms with E-state index in [9.17, 15) is 18.0 Å². The molecule has 7 nitrogen and oxygen atoms in total. The first-order valence-electron chi connectivity index (χ1n) is 13.2. The Kier molecular flexibility index (Phi) is 10.4. The third-order valence-electron chi connectivity index (χ3n) is 6.79. The average molecular weight is 669 g/mol. The maximum Gasteiger partial charge on any atom is 0.264 e. The van der Waals surface area contributed by atoms with E-state index in [0.717, 1.165) is 25.5 Å². The van der Waals surface area contributed by atoms with Crippen LogP contribution in [0.3, 0.4) is 0 Å². The molecule has 0 saturated heterocycles. The van der Waals surface area contributed by atoms with E-state index in [2.05, 4.69) is 21.2 Å². The number of nitrogens with zero attached hydrogens (tertiary/aromatic N) is 2. The van der Waals surface area contributed by atoms with E-state index < -0.39 is 28.5 Å². The van der Waals surface area contributed by atoms with Gasteiger partial charge in [-0.1, -0.05) is 87.7 Å². The molecule has 0 saturated carbocycles. The molecule has 1 N–H and O–H groups in total. The summed E-state index contributed by atoms with van der Waals surface area (Å²) >= 11 is 9.49. The molecule has 0 aromatic heterocycles. The van der Waals surface area contributed by atoms with Crippen molar-refractivity contribution < 1.29 is 18.0 Å². The molecule has 1 atom stereocenters. The molecule has 0 fully saturated rings. The second-order valence-electron chi connectivity index (χ2n) is 9.77. The molecular formula is C32H31BrClN3O4S. The number of carbonyl (C=O) groups excluding carboxylic acids is 2. The molecule has 0 aliphatic rings. The van der Waals surface area contributed by atoms with Crippen LogP contribution in [0.25, 0.3) is 0 Å². The molecule has 0 heterocycles. The highest BCUT2D eigenvalue weighted by molar-refractivity contribution is 9.10. The highest BCUT2D eigenvalue weighted by Crippen LogP contribution is 2.27. The maximum absolute atomic E-state index is 14.3. The lowest BCUT2D eigenvalue weighted by molar-refractivity contribution is -0.139. The minimum absolute atomic E-state index is 0.0557. The Hall–Kier alpha value is -3.66. The van der Waals surface area contributed by atoms with Gasteiger partial charge in [0.05, 0.1) is 10.6 Å². The van der Waals surface area contributed by atoms with Gasteiger partial charge in [-0.25, -0.2) is 8.42 Å². The number of hydrogen-bond acceptors (Lipinski definition) is 4. The van der Waals surface area contributed by atoms with Crippen molar-refractivity contribution >= 4 is 55.1 Å². The van der Waals surface area contributed by atoms with Gasteiger partial charge in [-0.3, -0.25) is 13.9 Å². The number of aryl methyl sites for hydroxylation is 1. The van der Waals surface area contributed by atoms with Crippen LogP contribution in [0, 0.1) is 6.92 Å². The zero-order valence-electron chi connectivity index (χ0n) is 23.2. The SMILES string of the molecule is CNC(=O)[C@H](Cc1ccccc1)N(Cc1ccc(Cl)cc1)C(=O)CN(c1ccc(Br)cc1)S(=O)(=O)c1ccc(C)cc1. The van der Waals surface area contributed by atoms with Gasteiger partial charge in [-0.2, -0.15) is 0 Å². The fourth-order valence-corrected chi connectivity index (χ4v) is 6.29. The quantitative estimate of drug-likeness (QED) is 0.213. The van der Waals surface area contributed by atoms with E-state index in [0.29, 0.717) is 10.7 Å². The van der Waals surface area contributed by atoms with Gasteiger partial charge in [-0.05, 0) is 66.6 Å². The third-order valence-corrected chi connectivity index (χ3v) is 9.35. The Bertz CT molecular complexity index is 1620. The van der Waals surface area contributed by atoms with Gasteiger partial charge in [0, 0.05) is 29.5 Å². The van der Waals surface area contributed by atoms with Crippen molar-refractivity contribution in [2.24, 2.45) is 0 Å². The summed E-state index contributed by atoms with van der Waals surface area (Å²) in [6.45, 7) is 1.42. The Morgan fingerprint density at radius 2 is 1.48 bits per heavy atom. The Labute approximate surface area is 260 Å². The smallest absolute Gasteiger partial charge is 0.264 e. The van der Waals surface area contributed by atoms with Gasteiger partial charge in [-0.15, -0.1) is 0 Å². The second kappa shape index (κ2) is 14.0. The average Bonchev–Trinajstić information content (AvgIpc) is 2.99. The largest absolute Gasteiger partial charge is 0.357 e. The van der Waals surface area contributed by atoms with Gasteiger partial charge in [0.15, 0.2) is 0 Å². The minimum Gasteiger partial charge on any atom is -0.357 e. The van der Waals surface area contributed by atoms with E-state index in [-0.39, 0.29) is 23.8 Å². The van der Waals surface area contributed by atoms with Crippen molar-refractivity contribution in [2.75, 3.05) is 17.9 Å². The molecule has 0 radical (unpaired) electrons. The zero-order chi connectivity index (χ0) is 30.3. The summed E-state index contributed by atoms with van der Waals surface area (Å²) in [7, 11) is -2.63. The van der Waals surface area contributed by atoms with Gasteiger partial charge in [0.25, 0.3) is 10.0 Å². The maximum atomic E-state index is 14.3. The normalized spacial score (nSPS) is 11.9. The second-order valence-corrected chi connectivity index (χ2v) is 13.0. The molecule has 42 heavy (non-hydrogen) atoms. The van der Waals surface area contributed by atoms with Crippen LogP contribution in [-0.2, 0) is 32.6 Å². The number of benzene rings is 4. The van der Waals surface area contributed by atoms with Crippen LogP contribution in [-0.4, -0.2) is 44.8 Å². The van der Waals surface area contributed by atoms with Crippen LogP contribution in [0.4, 0.5) is 5.69 Å². The minimum atomic E-state index is -4.15. The van der Waals surface area contributed by atoms with Gasteiger partial charge in [0.1, 0.15) is 12.6 Å². The van der Waals surface area contributed by atoms with Crippen molar-refractivity contribution in [3.63, 3.8) is 0 Å². The molecule has 10 heteroatoms. The summed E-state index contributed by atoms with van der Waals surface area (Å²) in [6.07, 6.45) is 0.239. The monoisotopic (exact) mass is 667 g/mol. The highest BCUT2D eigenvalue weighted by Gasteiger charge is 2.34. The van der Waals surface area contributed by atoms with Crippen molar-refractivity contribution in [1.82, 2.24) is 10.2 Å². The number of rotatable bonds is 11. The predicted molar refractivity (Wildman–Crippen MR) is 170 cm³/mol.